The summed E-state index contributed by atoms with van der Waals surface area (Å²) < 4.78 is 29.9. The van der Waals surface area contributed by atoms with E-state index in [1.54, 1.807) is 13.0 Å². The second-order valence-corrected chi connectivity index (χ2v) is 7.08. The predicted molar refractivity (Wildman–Crippen MR) is 76.8 cm³/mol. The molecular formula is C12H20N4O4S. The normalized spacial score (nSPS) is 17.9. The second kappa shape index (κ2) is 6.14. The zero-order valence-corrected chi connectivity index (χ0v) is 12.9. The van der Waals surface area contributed by atoms with Gasteiger partial charge in [0.2, 0.25) is 10.0 Å². The topological polar surface area (TPSA) is 109 Å². The molecule has 0 unspecified atom stereocenters. The van der Waals surface area contributed by atoms with Crippen LogP contribution in [0.1, 0.15) is 21.9 Å². The van der Waals surface area contributed by atoms with Gasteiger partial charge in [-0.25, -0.2) is 14.3 Å². The SMILES string of the molecule is Cc1oc(CN2CCN(S(C)(=O)=O)CC2)cc1C(=O)NN. The molecule has 0 atom stereocenters. The quantitative estimate of drug-likeness (QED) is 0.430. The number of carbonyl (C=O) groups excluding carboxylic acids is 1. The van der Waals surface area contributed by atoms with Gasteiger partial charge in [0.25, 0.3) is 5.91 Å². The number of hydrazine groups is 1. The number of rotatable bonds is 4. The number of furan rings is 1. The summed E-state index contributed by atoms with van der Waals surface area (Å²) in [5.41, 5.74) is 2.49. The summed E-state index contributed by atoms with van der Waals surface area (Å²) in [6.07, 6.45) is 1.22. The molecule has 2 heterocycles. The van der Waals surface area contributed by atoms with Crippen LogP contribution in [0.25, 0.3) is 0 Å². The van der Waals surface area contributed by atoms with Gasteiger partial charge >= 0.3 is 0 Å². The van der Waals surface area contributed by atoms with E-state index in [0.717, 1.165) is 0 Å². The van der Waals surface area contributed by atoms with Crippen LogP contribution < -0.4 is 11.3 Å². The van der Waals surface area contributed by atoms with Gasteiger partial charge in [-0.1, -0.05) is 0 Å². The maximum atomic E-state index is 11.5. The lowest BCUT2D eigenvalue weighted by Gasteiger charge is -2.32. The summed E-state index contributed by atoms with van der Waals surface area (Å²) >= 11 is 0. The minimum Gasteiger partial charge on any atom is -0.464 e. The van der Waals surface area contributed by atoms with E-state index < -0.39 is 10.0 Å². The molecule has 1 aliphatic rings. The molecule has 8 nitrogen and oxygen atoms in total. The number of aryl methyl sites for hydroxylation is 1. The van der Waals surface area contributed by atoms with Crippen molar-refractivity contribution in [1.29, 1.82) is 0 Å². The van der Waals surface area contributed by atoms with E-state index in [0.29, 0.717) is 49.8 Å². The van der Waals surface area contributed by atoms with E-state index in [-0.39, 0.29) is 5.91 Å². The smallest absolute Gasteiger partial charge is 0.268 e. The maximum absolute atomic E-state index is 11.5. The van der Waals surface area contributed by atoms with Gasteiger partial charge in [-0.05, 0) is 13.0 Å². The zero-order valence-electron chi connectivity index (χ0n) is 12.1. The fourth-order valence-electron chi connectivity index (χ4n) is 2.36. The van der Waals surface area contributed by atoms with E-state index in [2.05, 4.69) is 10.3 Å². The molecule has 0 radical (unpaired) electrons. The molecule has 21 heavy (non-hydrogen) atoms. The molecule has 118 valence electrons. The van der Waals surface area contributed by atoms with E-state index in [4.69, 9.17) is 10.3 Å². The van der Waals surface area contributed by atoms with Crippen LogP contribution in [0.5, 0.6) is 0 Å². The van der Waals surface area contributed by atoms with Crippen molar-refractivity contribution in [3.63, 3.8) is 0 Å². The summed E-state index contributed by atoms with van der Waals surface area (Å²) in [4.78, 5) is 13.6. The van der Waals surface area contributed by atoms with Crippen LogP contribution in [0.4, 0.5) is 0 Å². The molecule has 0 aliphatic carbocycles. The van der Waals surface area contributed by atoms with Crippen molar-refractivity contribution in [2.24, 2.45) is 5.84 Å². The summed E-state index contributed by atoms with van der Waals surface area (Å²) in [6.45, 7) is 4.44. The Hall–Kier alpha value is -1.42. The molecule has 0 saturated carbocycles. The van der Waals surface area contributed by atoms with Gasteiger partial charge in [0, 0.05) is 26.2 Å². The van der Waals surface area contributed by atoms with E-state index in [1.165, 1.54) is 10.6 Å². The first-order valence-electron chi connectivity index (χ1n) is 6.59. The van der Waals surface area contributed by atoms with Gasteiger partial charge in [-0.2, -0.15) is 4.31 Å². The number of nitrogens with one attached hydrogen (secondary N) is 1. The van der Waals surface area contributed by atoms with Crippen molar-refractivity contribution in [2.75, 3.05) is 32.4 Å². The summed E-state index contributed by atoms with van der Waals surface area (Å²) in [7, 11) is -3.12. The monoisotopic (exact) mass is 316 g/mol. The molecule has 1 amide bonds. The highest BCUT2D eigenvalue weighted by atomic mass is 32.2. The van der Waals surface area contributed by atoms with Crippen molar-refractivity contribution in [3.8, 4) is 0 Å². The largest absolute Gasteiger partial charge is 0.464 e. The number of piperazine rings is 1. The first-order chi connectivity index (χ1) is 9.81. The van der Waals surface area contributed by atoms with Gasteiger partial charge in [-0.3, -0.25) is 15.1 Å². The molecule has 1 saturated heterocycles. The second-order valence-electron chi connectivity index (χ2n) is 5.09. The summed E-state index contributed by atoms with van der Waals surface area (Å²) in [5.74, 6) is 5.91. The molecule has 0 bridgehead atoms. The molecule has 0 spiro atoms. The van der Waals surface area contributed by atoms with Crippen LogP contribution in [0.3, 0.4) is 0 Å². The lowest BCUT2D eigenvalue weighted by Crippen LogP contribution is -2.47. The molecule has 0 aromatic carbocycles. The molecule has 1 aromatic rings. The van der Waals surface area contributed by atoms with Crippen LogP contribution in [-0.4, -0.2) is 56.0 Å². The van der Waals surface area contributed by atoms with Crippen LogP contribution in [-0.2, 0) is 16.6 Å². The highest BCUT2D eigenvalue weighted by Crippen LogP contribution is 2.17. The van der Waals surface area contributed by atoms with Crippen molar-refractivity contribution in [3.05, 3.63) is 23.2 Å². The number of hydrogen-bond donors (Lipinski definition) is 2. The molecule has 3 N–H and O–H groups in total. The van der Waals surface area contributed by atoms with Crippen LogP contribution in [0, 0.1) is 6.92 Å². The van der Waals surface area contributed by atoms with Gasteiger partial charge in [0.05, 0.1) is 18.4 Å². The van der Waals surface area contributed by atoms with Gasteiger partial charge in [-0.15, -0.1) is 0 Å². The number of sulfonamides is 1. The average molecular weight is 316 g/mol. The highest BCUT2D eigenvalue weighted by Gasteiger charge is 2.24. The average Bonchev–Trinajstić information content (AvgIpc) is 2.78. The molecule has 2 rings (SSSR count). The van der Waals surface area contributed by atoms with E-state index in [1.807, 2.05) is 0 Å². The number of nitrogen functional groups attached to an aromatic ring is 1. The Bertz CT molecular complexity index is 617. The number of amides is 1. The summed E-state index contributed by atoms with van der Waals surface area (Å²) in [6, 6.07) is 1.67. The molecule has 1 aromatic heterocycles. The molecular weight excluding hydrogens is 296 g/mol. The first kappa shape index (κ1) is 16.0. The molecule has 1 aliphatic heterocycles. The van der Waals surface area contributed by atoms with Crippen molar-refractivity contribution < 1.29 is 17.6 Å². The predicted octanol–water partition coefficient (Wildman–Crippen LogP) is -0.731. The Morgan fingerprint density at radius 1 is 1.38 bits per heavy atom. The fourth-order valence-corrected chi connectivity index (χ4v) is 3.19. The highest BCUT2D eigenvalue weighted by molar-refractivity contribution is 7.88. The number of carbonyl (C=O) groups is 1. The summed E-state index contributed by atoms with van der Waals surface area (Å²) in [5, 5.41) is 0. The zero-order chi connectivity index (χ0) is 15.6. The Labute approximate surface area is 123 Å². The van der Waals surface area contributed by atoms with E-state index in [9.17, 15) is 13.2 Å². The molecule has 9 heteroatoms. The molecule has 1 fully saturated rings. The van der Waals surface area contributed by atoms with Crippen molar-refractivity contribution in [2.45, 2.75) is 13.5 Å². The Morgan fingerprint density at radius 2 is 2.00 bits per heavy atom. The minimum absolute atomic E-state index is 0.385. The van der Waals surface area contributed by atoms with Gasteiger partial charge < -0.3 is 4.42 Å². The van der Waals surface area contributed by atoms with Gasteiger partial charge in [0.15, 0.2) is 0 Å². The first-order valence-corrected chi connectivity index (χ1v) is 8.44. The Morgan fingerprint density at radius 3 is 2.52 bits per heavy atom. The van der Waals surface area contributed by atoms with Crippen LogP contribution in [0.15, 0.2) is 10.5 Å². The maximum Gasteiger partial charge on any atom is 0.268 e. The van der Waals surface area contributed by atoms with Crippen molar-refractivity contribution >= 4 is 15.9 Å². The Kier molecular flexibility index (Phi) is 4.67. The third-order valence-corrected chi connectivity index (χ3v) is 4.83. The fraction of sp³-hybridized carbons (Fsp3) is 0.583. The number of hydrogen-bond acceptors (Lipinski definition) is 6. The standard InChI is InChI=1S/C12H20N4O4S/c1-9-11(12(17)14-13)7-10(20-9)8-15-3-5-16(6-4-15)21(2,18)19/h7H,3-6,8,13H2,1-2H3,(H,14,17). The minimum atomic E-state index is -3.12. The van der Waals surface area contributed by atoms with Crippen LogP contribution >= 0.6 is 0 Å². The van der Waals surface area contributed by atoms with Crippen molar-refractivity contribution in [1.82, 2.24) is 14.6 Å². The third-order valence-electron chi connectivity index (χ3n) is 3.52. The number of nitrogens with zero attached hydrogens (tertiary/aromatic N) is 2. The van der Waals surface area contributed by atoms with Crippen LogP contribution in [0.2, 0.25) is 0 Å². The van der Waals surface area contributed by atoms with E-state index >= 15 is 0 Å². The Balaban J connectivity index is 1.97. The lowest BCUT2D eigenvalue weighted by molar-refractivity contribution is 0.0952. The third kappa shape index (κ3) is 3.82. The number of nitrogens with two attached hydrogens (primary N) is 1. The van der Waals surface area contributed by atoms with Gasteiger partial charge in [0.1, 0.15) is 11.5 Å². The lowest BCUT2D eigenvalue weighted by atomic mass is 10.2.